The predicted molar refractivity (Wildman–Crippen MR) is 57.0 cm³/mol. The Labute approximate surface area is 96.8 Å². The van der Waals surface area contributed by atoms with Crippen LogP contribution in [0.5, 0.6) is 0 Å². The Morgan fingerprint density at radius 2 is 1.81 bits per heavy atom. The van der Waals surface area contributed by atoms with Gasteiger partial charge in [-0.2, -0.15) is 31.0 Å². The van der Waals surface area contributed by atoms with Gasteiger partial charge in [-0.05, 0) is 13.8 Å². The summed E-state index contributed by atoms with van der Waals surface area (Å²) >= 11 is 4.56. The fourth-order valence-corrected chi connectivity index (χ4v) is 1.92. The molecule has 0 radical (unpaired) electrons. The maximum atomic E-state index is 11.8. The molecule has 96 valence electrons. The number of nitrogens with two attached hydrogens (primary N) is 1. The summed E-state index contributed by atoms with van der Waals surface area (Å²) in [7, 11) is -4.30. The molecule has 0 fully saturated rings. The molecule has 0 spiro atoms. The van der Waals surface area contributed by atoms with Gasteiger partial charge >= 0.3 is 6.18 Å². The third-order valence-electron chi connectivity index (χ3n) is 1.47. The smallest absolute Gasteiger partial charge is 0.392 e. The monoisotopic (exact) mass is 279 g/mol. The molecule has 0 bridgehead atoms. The van der Waals surface area contributed by atoms with Crippen LogP contribution in [0.15, 0.2) is 0 Å². The molecular formula is C6H12F3N3O2S2. The summed E-state index contributed by atoms with van der Waals surface area (Å²) in [5, 5.41) is 0. The average molecular weight is 279 g/mol. The van der Waals surface area contributed by atoms with Crippen molar-refractivity contribution in [3.05, 3.63) is 0 Å². The van der Waals surface area contributed by atoms with Gasteiger partial charge in [-0.1, -0.05) is 12.2 Å². The number of hydrogen-bond acceptors (Lipinski definition) is 3. The number of alkyl halides is 3. The zero-order valence-electron chi connectivity index (χ0n) is 8.55. The van der Waals surface area contributed by atoms with Crippen molar-refractivity contribution in [3.8, 4) is 0 Å². The number of rotatable bonds is 5. The lowest BCUT2D eigenvalue weighted by atomic mass is 10.1. The van der Waals surface area contributed by atoms with Crippen molar-refractivity contribution in [3.63, 3.8) is 0 Å². The van der Waals surface area contributed by atoms with E-state index in [0.29, 0.717) is 0 Å². The Morgan fingerprint density at radius 3 is 2.12 bits per heavy atom. The van der Waals surface area contributed by atoms with Gasteiger partial charge in [-0.3, -0.25) is 0 Å². The number of thiocarbonyl (C=S) groups is 1. The summed E-state index contributed by atoms with van der Waals surface area (Å²) in [5.41, 5.74) is 3.92. The molecular weight excluding hydrogens is 267 g/mol. The van der Waals surface area contributed by atoms with Crippen LogP contribution in [0.4, 0.5) is 13.2 Å². The molecule has 0 amide bonds. The Balaban J connectivity index is 4.55. The molecule has 0 saturated carbocycles. The minimum Gasteiger partial charge on any atom is -0.392 e. The first-order valence-electron chi connectivity index (χ1n) is 4.01. The molecule has 0 aliphatic rings. The van der Waals surface area contributed by atoms with Gasteiger partial charge in [0.1, 0.15) is 6.54 Å². The van der Waals surface area contributed by atoms with Gasteiger partial charge in [0.15, 0.2) is 0 Å². The lowest BCUT2D eigenvalue weighted by Gasteiger charge is -2.24. The van der Waals surface area contributed by atoms with Crippen LogP contribution in [-0.4, -0.2) is 31.7 Å². The molecule has 10 heteroatoms. The third-order valence-corrected chi connectivity index (χ3v) is 3.28. The van der Waals surface area contributed by atoms with Crippen molar-refractivity contribution in [1.29, 1.82) is 0 Å². The zero-order chi connectivity index (χ0) is 13.2. The highest BCUT2D eigenvalue weighted by molar-refractivity contribution is 7.87. The number of nitrogens with one attached hydrogen (secondary N) is 2. The fourth-order valence-electron chi connectivity index (χ4n) is 0.599. The molecule has 0 unspecified atom stereocenters. The van der Waals surface area contributed by atoms with Crippen LogP contribution in [0.3, 0.4) is 0 Å². The second kappa shape index (κ2) is 4.82. The van der Waals surface area contributed by atoms with Crippen LogP contribution >= 0.6 is 12.2 Å². The van der Waals surface area contributed by atoms with E-state index in [1.54, 1.807) is 0 Å². The normalized spacial score (nSPS) is 13.8. The van der Waals surface area contributed by atoms with Gasteiger partial charge in [0, 0.05) is 0 Å². The molecule has 0 aliphatic heterocycles. The first-order chi connectivity index (χ1) is 6.86. The van der Waals surface area contributed by atoms with E-state index in [9.17, 15) is 21.6 Å². The fraction of sp³-hybridized carbons (Fsp3) is 0.833. The van der Waals surface area contributed by atoms with Gasteiger partial charge in [-0.15, -0.1) is 0 Å². The number of halogens is 3. The van der Waals surface area contributed by atoms with Crippen LogP contribution in [-0.2, 0) is 10.2 Å². The average Bonchev–Trinajstić information content (AvgIpc) is 1.97. The Hall–Kier alpha value is -0.450. The van der Waals surface area contributed by atoms with E-state index < -0.39 is 28.5 Å². The topological polar surface area (TPSA) is 84.2 Å². The van der Waals surface area contributed by atoms with Gasteiger partial charge in [0.05, 0.1) is 10.5 Å². The predicted octanol–water partition coefficient (Wildman–Crippen LogP) is 0.0374. The van der Waals surface area contributed by atoms with Crippen molar-refractivity contribution >= 4 is 27.4 Å². The van der Waals surface area contributed by atoms with E-state index in [1.165, 1.54) is 18.6 Å². The molecule has 0 aromatic carbocycles. The Bertz CT molecular complexity index is 364. The SMILES string of the molecule is CC(C)(NS(=O)(=O)NCC(F)(F)F)C(N)=S. The minimum atomic E-state index is -4.62. The van der Waals surface area contributed by atoms with E-state index in [4.69, 9.17) is 5.73 Å². The summed E-state index contributed by atoms with van der Waals surface area (Å²) in [6, 6.07) is 0. The van der Waals surface area contributed by atoms with Crippen molar-refractivity contribution in [2.75, 3.05) is 6.54 Å². The summed E-state index contributed by atoms with van der Waals surface area (Å²) in [5.74, 6) is 0. The van der Waals surface area contributed by atoms with Crippen molar-refractivity contribution < 1.29 is 21.6 Å². The minimum absolute atomic E-state index is 0.176. The molecule has 0 saturated heterocycles. The number of hydrogen-bond donors (Lipinski definition) is 3. The first-order valence-corrected chi connectivity index (χ1v) is 5.90. The van der Waals surface area contributed by atoms with E-state index in [0.717, 1.165) is 0 Å². The quantitative estimate of drug-likeness (QED) is 0.620. The second-order valence-electron chi connectivity index (χ2n) is 3.53. The summed E-state index contributed by atoms with van der Waals surface area (Å²) in [6.45, 7) is 1.01. The maximum absolute atomic E-state index is 11.8. The highest BCUT2D eigenvalue weighted by Gasteiger charge is 2.32. The summed E-state index contributed by atoms with van der Waals surface area (Å²) < 4.78 is 60.9. The van der Waals surface area contributed by atoms with Crippen LogP contribution < -0.4 is 15.2 Å². The molecule has 5 nitrogen and oxygen atoms in total. The second-order valence-corrected chi connectivity index (χ2v) is 5.47. The molecule has 0 aliphatic carbocycles. The summed E-state index contributed by atoms with van der Waals surface area (Å²) in [6.07, 6.45) is -4.62. The van der Waals surface area contributed by atoms with Crippen molar-refractivity contribution in [1.82, 2.24) is 9.44 Å². The molecule has 0 aromatic rings. The molecule has 0 heterocycles. The highest BCUT2D eigenvalue weighted by atomic mass is 32.2. The van der Waals surface area contributed by atoms with Crippen molar-refractivity contribution in [2.45, 2.75) is 25.6 Å². The van der Waals surface area contributed by atoms with E-state index >= 15 is 0 Å². The van der Waals surface area contributed by atoms with Crippen LogP contribution in [0.25, 0.3) is 0 Å². The first kappa shape index (κ1) is 15.6. The lowest BCUT2D eigenvalue weighted by molar-refractivity contribution is -0.121. The molecule has 4 N–H and O–H groups in total. The Kier molecular flexibility index (Phi) is 4.68. The lowest BCUT2D eigenvalue weighted by Crippen LogP contribution is -2.56. The molecule has 0 rings (SSSR count). The van der Waals surface area contributed by atoms with Crippen LogP contribution in [0, 0.1) is 0 Å². The highest BCUT2D eigenvalue weighted by Crippen LogP contribution is 2.13. The summed E-state index contributed by atoms with van der Waals surface area (Å²) in [4.78, 5) is -0.176. The van der Waals surface area contributed by atoms with Gasteiger partial charge in [0.2, 0.25) is 0 Å². The maximum Gasteiger partial charge on any atom is 0.402 e. The van der Waals surface area contributed by atoms with Crippen molar-refractivity contribution in [2.24, 2.45) is 5.73 Å². The largest absolute Gasteiger partial charge is 0.402 e. The van der Waals surface area contributed by atoms with Gasteiger partial charge < -0.3 is 5.73 Å². The van der Waals surface area contributed by atoms with E-state index in [2.05, 4.69) is 12.2 Å². The molecule has 0 atom stereocenters. The van der Waals surface area contributed by atoms with Gasteiger partial charge in [0.25, 0.3) is 10.2 Å². The van der Waals surface area contributed by atoms with E-state index in [-0.39, 0.29) is 4.99 Å². The zero-order valence-corrected chi connectivity index (χ0v) is 10.2. The van der Waals surface area contributed by atoms with Crippen LogP contribution in [0.2, 0.25) is 0 Å². The van der Waals surface area contributed by atoms with E-state index in [1.807, 2.05) is 4.72 Å². The van der Waals surface area contributed by atoms with Crippen LogP contribution in [0.1, 0.15) is 13.8 Å². The standard InChI is InChI=1S/C6H12F3N3O2S2/c1-5(2,4(10)15)12-16(13,14)11-3-6(7,8)9/h11-12H,3H2,1-2H3,(H2,10,15). The Morgan fingerprint density at radius 1 is 1.38 bits per heavy atom. The molecule has 16 heavy (non-hydrogen) atoms. The molecule has 0 aromatic heterocycles. The van der Waals surface area contributed by atoms with Gasteiger partial charge in [-0.25, -0.2) is 0 Å². The third kappa shape index (κ3) is 6.20.